The van der Waals surface area contributed by atoms with Crippen LogP contribution in [0, 0.1) is 6.92 Å². The van der Waals surface area contributed by atoms with Crippen LogP contribution in [0.3, 0.4) is 0 Å². The van der Waals surface area contributed by atoms with Crippen LogP contribution in [0.2, 0.25) is 0 Å². The highest BCUT2D eigenvalue weighted by atomic mass is 32.2. The summed E-state index contributed by atoms with van der Waals surface area (Å²) in [6.07, 6.45) is 5.13. The van der Waals surface area contributed by atoms with Gasteiger partial charge in [0, 0.05) is 25.5 Å². The minimum Gasteiger partial charge on any atom is -0.324 e. The summed E-state index contributed by atoms with van der Waals surface area (Å²) in [5, 5.41) is 4.22. The third kappa shape index (κ3) is 3.59. The molecule has 8 heteroatoms. The third-order valence-corrected chi connectivity index (χ3v) is 5.54. The van der Waals surface area contributed by atoms with Crippen molar-refractivity contribution in [2.24, 2.45) is 0 Å². The van der Waals surface area contributed by atoms with Crippen molar-refractivity contribution in [2.75, 3.05) is 13.1 Å². The Morgan fingerprint density at radius 1 is 1.21 bits per heavy atom. The molecule has 0 unspecified atom stereocenters. The molecule has 1 aliphatic heterocycles. The largest absolute Gasteiger partial charge is 0.331 e. The van der Waals surface area contributed by atoms with E-state index in [2.05, 4.69) is 9.82 Å². The molecule has 128 valence electrons. The zero-order chi connectivity index (χ0) is 17.2. The predicted molar refractivity (Wildman–Crippen MR) is 89.0 cm³/mol. The van der Waals surface area contributed by atoms with Crippen LogP contribution in [0.5, 0.6) is 0 Å². The van der Waals surface area contributed by atoms with Crippen LogP contribution in [0.25, 0.3) is 0 Å². The summed E-state index contributed by atoms with van der Waals surface area (Å²) in [6.45, 7) is 2.87. The molecule has 1 aromatic carbocycles. The molecule has 2 aromatic rings. The topological polar surface area (TPSA) is 84.3 Å². The molecule has 0 bridgehead atoms. The van der Waals surface area contributed by atoms with Gasteiger partial charge in [0.05, 0.1) is 10.9 Å². The summed E-state index contributed by atoms with van der Waals surface area (Å²) in [5.74, 6) is 0. The minimum absolute atomic E-state index is 0.0906. The van der Waals surface area contributed by atoms with E-state index in [1.807, 2.05) is 23.9 Å². The number of hydrogen-bond donors (Lipinski definition) is 1. The molecule has 1 aromatic heterocycles. The summed E-state index contributed by atoms with van der Waals surface area (Å²) in [7, 11) is -3.84. The van der Waals surface area contributed by atoms with Crippen molar-refractivity contribution < 1.29 is 13.2 Å². The molecule has 1 N–H and O–H groups in total. The number of sulfonamides is 1. The second-order valence-corrected chi connectivity index (χ2v) is 7.61. The fourth-order valence-corrected chi connectivity index (χ4v) is 3.76. The van der Waals surface area contributed by atoms with E-state index in [1.54, 1.807) is 18.3 Å². The van der Waals surface area contributed by atoms with Gasteiger partial charge in [0.15, 0.2) is 0 Å². The zero-order valence-corrected chi connectivity index (χ0v) is 14.2. The summed E-state index contributed by atoms with van der Waals surface area (Å²) in [5.41, 5.74) is 0.959. The molecule has 24 heavy (non-hydrogen) atoms. The molecule has 1 aliphatic rings. The fraction of sp³-hybridized carbons (Fsp3) is 0.375. The highest BCUT2D eigenvalue weighted by molar-refractivity contribution is 7.90. The summed E-state index contributed by atoms with van der Waals surface area (Å²) < 4.78 is 28.6. The van der Waals surface area contributed by atoms with Crippen molar-refractivity contribution in [2.45, 2.75) is 30.7 Å². The molecule has 0 atom stereocenters. The van der Waals surface area contributed by atoms with Crippen LogP contribution < -0.4 is 4.72 Å². The second kappa shape index (κ2) is 6.64. The number of carbonyl (C=O) groups is 1. The van der Waals surface area contributed by atoms with Crippen LogP contribution in [0.1, 0.15) is 24.4 Å². The highest BCUT2D eigenvalue weighted by Crippen LogP contribution is 2.21. The smallest absolute Gasteiger partial charge is 0.324 e. The first-order valence-electron chi connectivity index (χ1n) is 7.83. The SMILES string of the molecule is Cc1ccc(S(=O)(=O)NC(=O)N2CCC(n3cccn3)CC2)cc1. The van der Waals surface area contributed by atoms with E-state index < -0.39 is 16.1 Å². The maximum absolute atomic E-state index is 12.3. The van der Waals surface area contributed by atoms with Crippen molar-refractivity contribution in [1.29, 1.82) is 0 Å². The molecule has 0 saturated carbocycles. The van der Waals surface area contributed by atoms with Crippen LogP contribution in [-0.2, 0) is 10.0 Å². The number of aromatic nitrogens is 2. The van der Waals surface area contributed by atoms with E-state index in [0.29, 0.717) is 13.1 Å². The maximum Gasteiger partial charge on any atom is 0.331 e. The van der Waals surface area contributed by atoms with Crippen LogP contribution in [0.15, 0.2) is 47.6 Å². The Morgan fingerprint density at radius 2 is 1.88 bits per heavy atom. The van der Waals surface area contributed by atoms with Crippen molar-refractivity contribution in [3.8, 4) is 0 Å². The first-order valence-corrected chi connectivity index (χ1v) is 9.31. The van der Waals surface area contributed by atoms with E-state index in [-0.39, 0.29) is 10.9 Å². The van der Waals surface area contributed by atoms with Gasteiger partial charge in [0.1, 0.15) is 0 Å². The van der Waals surface area contributed by atoms with E-state index >= 15 is 0 Å². The van der Waals surface area contributed by atoms with Gasteiger partial charge in [-0.3, -0.25) is 4.68 Å². The lowest BCUT2D eigenvalue weighted by atomic mass is 10.1. The van der Waals surface area contributed by atoms with Gasteiger partial charge < -0.3 is 4.90 Å². The highest BCUT2D eigenvalue weighted by Gasteiger charge is 2.27. The zero-order valence-electron chi connectivity index (χ0n) is 13.4. The van der Waals surface area contributed by atoms with E-state index in [4.69, 9.17) is 0 Å². The number of benzene rings is 1. The summed E-state index contributed by atoms with van der Waals surface area (Å²) in [6, 6.07) is 7.94. The van der Waals surface area contributed by atoms with Crippen LogP contribution in [0.4, 0.5) is 4.79 Å². The predicted octanol–water partition coefficient (Wildman–Crippen LogP) is 1.93. The number of piperidine rings is 1. The normalized spacial score (nSPS) is 16.1. The van der Waals surface area contributed by atoms with E-state index in [1.165, 1.54) is 17.0 Å². The van der Waals surface area contributed by atoms with Gasteiger partial charge in [-0.05, 0) is 38.0 Å². The summed E-state index contributed by atoms with van der Waals surface area (Å²) >= 11 is 0. The number of amides is 2. The van der Waals surface area contributed by atoms with Gasteiger partial charge in [-0.1, -0.05) is 17.7 Å². The Balaban J connectivity index is 1.60. The van der Waals surface area contributed by atoms with Crippen LogP contribution in [-0.4, -0.2) is 42.2 Å². The number of rotatable bonds is 3. The van der Waals surface area contributed by atoms with Crippen molar-refractivity contribution in [3.63, 3.8) is 0 Å². The second-order valence-electron chi connectivity index (χ2n) is 5.93. The fourth-order valence-electron chi connectivity index (χ4n) is 2.79. The quantitative estimate of drug-likeness (QED) is 0.918. The number of aryl methyl sites for hydroxylation is 1. The molecule has 1 saturated heterocycles. The lowest BCUT2D eigenvalue weighted by molar-refractivity contribution is 0.173. The Bertz CT molecular complexity index is 792. The molecule has 0 radical (unpaired) electrons. The Morgan fingerprint density at radius 3 is 2.46 bits per heavy atom. The average Bonchev–Trinajstić information content (AvgIpc) is 3.09. The number of likely N-dealkylation sites (tertiary alicyclic amines) is 1. The molecule has 0 spiro atoms. The Kier molecular flexibility index (Phi) is 4.57. The first-order chi connectivity index (χ1) is 11.5. The minimum atomic E-state index is -3.84. The number of nitrogens with one attached hydrogen (secondary N) is 1. The molecule has 0 aliphatic carbocycles. The molecule has 3 rings (SSSR count). The van der Waals surface area contributed by atoms with Crippen molar-refractivity contribution >= 4 is 16.1 Å². The molecular weight excluding hydrogens is 328 g/mol. The van der Waals surface area contributed by atoms with Gasteiger partial charge in [0.25, 0.3) is 10.0 Å². The average molecular weight is 348 g/mol. The van der Waals surface area contributed by atoms with Crippen molar-refractivity contribution in [1.82, 2.24) is 19.4 Å². The van der Waals surface area contributed by atoms with E-state index in [9.17, 15) is 13.2 Å². The number of carbonyl (C=O) groups excluding carboxylic acids is 1. The van der Waals surface area contributed by atoms with Gasteiger partial charge in [-0.25, -0.2) is 17.9 Å². The van der Waals surface area contributed by atoms with Gasteiger partial charge in [-0.15, -0.1) is 0 Å². The first kappa shape index (κ1) is 16.5. The van der Waals surface area contributed by atoms with Gasteiger partial charge in [-0.2, -0.15) is 5.10 Å². The lowest BCUT2D eigenvalue weighted by Crippen LogP contribution is -2.46. The van der Waals surface area contributed by atoms with Crippen LogP contribution >= 0.6 is 0 Å². The molecule has 7 nitrogen and oxygen atoms in total. The van der Waals surface area contributed by atoms with Gasteiger partial charge in [0.2, 0.25) is 0 Å². The molecule has 2 amide bonds. The Labute approximate surface area is 141 Å². The molecule has 2 heterocycles. The van der Waals surface area contributed by atoms with E-state index in [0.717, 1.165) is 18.4 Å². The number of nitrogens with zero attached hydrogens (tertiary/aromatic N) is 3. The standard InChI is InChI=1S/C16H20N4O3S/c1-13-3-5-15(6-4-13)24(22,23)18-16(21)19-11-7-14(8-12-19)20-10-2-9-17-20/h2-6,9-10,14H,7-8,11-12H2,1H3,(H,18,21). The number of hydrogen-bond acceptors (Lipinski definition) is 4. The monoisotopic (exact) mass is 348 g/mol. The maximum atomic E-state index is 12.3. The van der Waals surface area contributed by atoms with Gasteiger partial charge >= 0.3 is 6.03 Å². The van der Waals surface area contributed by atoms with Crippen molar-refractivity contribution in [3.05, 3.63) is 48.3 Å². The molecule has 1 fully saturated rings. The number of urea groups is 1. The lowest BCUT2D eigenvalue weighted by Gasteiger charge is -2.31. The molecular formula is C16H20N4O3S. The third-order valence-electron chi connectivity index (χ3n) is 4.20. The summed E-state index contributed by atoms with van der Waals surface area (Å²) in [4.78, 5) is 13.9. The Hall–Kier alpha value is -2.35.